The van der Waals surface area contributed by atoms with E-state index in [1.54, 1.807) is 0 Å². The summed E-state index contributed by atoms with van der Waals surface area (Å²) in [5.74, 6) is 1.88. The van der Waals surface area contributed by atoms with Gasteiger partial charge in [0, 0.05) is 13.5 Å². The number of benzene rings is 1. The van der Waals surface area contributed by atoms with Crippen LogP contribution in [0.25, 0.3) is 11.0 Å². The minimum absolute atomic E-state index is 0.0954. The molecular weight excluding hydrogens is 252 g/mol. The molecule has 2 heterocycles. The molecular formula is C14H18N6. The fraction of sp³-hybridized carbons (Fsp3) is 0.357. The first kappa shape index (κ1) is 12.8. The fourth-order valence-corrected chi connectivity index (χ4v) is 2.46. The van der Waals surface area contributed by atoms with Crippen molar-refractivity contribution >= 4 is 11.0 Å². The Morgan fingerprint density at radius 2 is 2.20 bits per heavy atom. The molecule has 0 bridgehead atoms. The van der Waals surface area contributed by atoms with E-state index in [4.69, 9.17) is 4.98 Å². The van der Waals surface area contributed by atoms with Crippen LogP contribution in [0.2, 0.25) is 0 Å². The predicted molar refractivity (Wildman–Crippen MR) is 77.2 cm³/mol. The Bertz CT molecular complexity index is 685. The van der Waals surface area contributed by atoms with Crippen molar-refractivity contribution in [1.29, 1.82) is 0 Å². The molecule has 3 rings (SSSR count). The number of hydrogen-bond acceptors (Lipinski definition) is 4. The molecule has 6 heteroatoms. The zero-order valence-corrected chi connectivity index (χ0v) is 11.7. The molecule has 0 saturated carbocycles. The summed E-state index contributed by atoms with van der Waals surface area (Å²) in [6.45, 7) is 2.95. The Balaban J connectivity index is 1.92. The molecule has 2 aromatic heterocycles. The number of aromatic amines is 1. The van der Waals surface area contributed by atoms with Gasteiger partial charge in [0.25, 0.3) is 0 Å². The number of rotatable bonds is 5. The Kier molecular flexibility index (Phi) is 3.47. The molecule has 104 valence electrons. The van der Waals surface area contributed by atoms with E-state index in [1.807, 2.05) is 25.2 Å². The van der Waals surface area contributed by atoms with Crippen LogP contribution in [0.5, 0.6) is 0 Å². The van der Waals surface area contributed by atoms with Gasteiger partial charge in [0.05, 0.1) is 17.1 Å². The molecule has 1 aromatic carbocycles. The van der Waals surface area contributed by atoms with E-state index < -0.39 is 0 Å². The van der Waals surface area contributed by atoms with Crippen LogP contribution in [0.15, 0.2) is 30.6 Å². The standard InChI is InChI=1S/C14H18N6/c1-3-15-11(14-16-9-17-19-14)8-13-18-10-6-4-5-7-12(10)20(13)2/h4-7,9,11,15H,3,8H2,1-2H3,(H,16,17,19). The lowest BCUT2D eigenvalue weighted by Crippen LogP contribution is -2.25. The van der Waals surface area contributed by atoms with Crippen LogP contribution in [0.3, 0.4) is 0 Å². The smallest absolute Gasteiger partial charge is 0.141 e. The van der Waals surface area contributed by atoms with Crippen molar-refractivity contribution in [2.24, 2.45) is 7.05 Å². The maximum Gasteiger partial charge on any atom is 0.141 e. The number of aromatic nitrogens is 5. The summed E-state index contributed by atoms with van der Waals surface area (Å²) in [6, 6.07) is 8.26. The van der Waals surface area contributed by atoms with E-state index in [0.29, 0.717) is 0 Å². The van der Waals surface area contributed by atoms with Crippen molar-refractivity contribution in [1.82, 2.24) is 30.0 Å². The van der Waals surface area contributed by atoms with Gasteiger partial charge in [-0.3, -0.25) is 5.10 Å². The average Bonchev–Trinajstić information content (AvgIpc) is 3.08. The number of fused-ring (bicyclic) bond motifs is 1. The highest BCUT2D eigenvalue weighted by Crippen LogP contribution is 2.19. The first-order valence-corrected chi connectivity index (χ1v) is 6.78. The molecule has 20 heavy (non-hydrogen) atoms. The van der Waals surface area contributed by atoms with Gasteiger partial charge in [-0.05, 0) is 18.7 Å². The molecule has 6 nitrogen and oxygen atoms in total. The summed E-state index contributed by atoms with van der Waals surface area (Å²) < 4.78 is 2.13. The Hall–Kier alpha value is -2.21. The number of para-hydroxylation sites is 2. The minimum atomic E-state index is 0.0954. The molecule has 0 amide bonds. The van der Waals surface area contributed by atoms with Gasteiger partial charge in [-0.2, -0.15) is 5.10 Å². The lowest BCUT2D eigenvalue weighted by atomic mass is 10.2. The van der Waals surface area contributed by atoms with Crippen LogP contribution >= 0.6 is 0 Å². The molecule has 3 aromatic rings. The van der Waals surface area contributed by atoms with Crippen molar-refractivity contribution in [3.8, 4) is 0 Å². The van der Waals surface area contributed by atoms with Crippen molar-refractivity contribution in [2.75, 3.05) is 6.54 Å². The largest absolute Gasteiger partial charge is 0.331 e. The first-order chi connectivity index (χ1) is 9.79. The summed E-state index contributed by atoms with van der Waals surface area (Å²) in [7, 11) is 2.05. The Morgan fingerprint density at radius 3 is 2.90 bits per heavy atom. The van der Waals surface area contributed by atoms with E-state index in [1.165, 1.54) is 6.33 Å². The summed E-state index contributed by atoms with van der Waals surface area (Å²) in [4.78, 5) is 8.95. The van der Waals surface area contributed by atoms with Crippen LogP contribution in [-0.4, -0.2) is 31.3 Å². The lowest BCUT2D eigenvalue weighted by Gasteiger charge is -2.14. The molecule has 0 spiro atoms. The van der Waals surface area contributed by atoms with E-state index >= 15 is 0 Å². The number of imidazole rings is 1. The quantitative estimate of drug-likeness (QED) is 0.738. The highest BCUT2D eigenvalue weighted by atomic mass is 15.2. The van der Waals surface area contributed by atoms with Crippen LogP contribution in [0, 0.1) is 0 Å². The van der Waals surface area contributed by atoms with Gasteiger partial charge in [-0.15, -0.1) is 0 Å². The molecule has 0 aliphatic rings. The molecule has 0 saturated heterocycles. The molecule has 0 aliphatic heterocycles. The zero-order chi connectivity index (χ0) is 13.9. The zero-order valence-electron chi connectivity index (χ0n) is 11.7. The van der Waals surface area contributed by atoms with Gasteiger partial charge in [-0.1, -0.05) is 19.1 Å². The number of H-pyrrole nitrogens is 1. The van der Waals surface area contributed by atoms with Crippen molar-refractivity contribution in [3.63, 3.8) is 0 Å². The Morgan fingerprint density at radius 1 is 1.35 bits per heavy atom. The minimum Gasteiger partial charge on any atom is -0.331 e. The maximum atomic E-state index is 4.71. The Labute approximate surface area is 117 Å². The number of aryl methyl sites for hydroxylation is 1. The number of nitrogens with zero attached hydrogens (tertiary/aromatic N) is 4. The first-order valence-electron chi connectivity index (χ1n) is 6.78. The summed E-state index contributed by atoms with van der Waals surface area (Å²) in [6.07, 6.45) is 2.31. The topological polar surface area (TPSA) is 71.4 Å². The van der Waals surface area contributed by atoms with Gasteiger partial charge in [0.2, 0.25) is 0 Å². The number of likely N-dealkylation sites (N-methyl/N-ethyl adjacent to an activating group) is 1. The van der Waals surface area contributed by atoms with Crippen molar-refractivity contribution in [2.45, 2.75) is 19.4 Å². The second-order valence-electron chi connectivity index (χ2n) is 4.76. The predicted octanol–water partition coefficient (Wildman–Crippen LogP) is 1.58. The summed E-state index contributed by atoms with van der Waals surface area (Å²) >= 11 is 0. The number of nitrogens with one attached hydrogen (secondary N) is 2. The normalized spacial score (nSPS) is 12.9. The highest BCUT2D eigenvalue weighted by Gasteiger charge is 2.17. The number of hydrogen-bond donors (Lipinski definition) is 2. The van der Waals surface area contributed by atoms with Crippen LogP contribution < -0.4 is 5.32 Å². The van der Waals surface area contributed by atoms with Gasteiger partial charge >= 0.3 is 0 Å². The van der Waals surface area contributed by atoms with E-state index in [2.05, 4.69) is 38.1 Å². The van der Waals surface area contributed by atoms with Crippen LogP contribution in [-0.2, 0) is 13.5 Å². The van der Waals surface area contributed by atoms with E-state index in [0.717, 1.165) is 35.6 Å². The van der Waals surface area contributed by atoms with Gasteiger partial charge in [0.1, 0.15) is 18.0 Å². The van der Waals surface area contributed by atoms with E-state index in [-0.39, 0.29) is 6.04 Å². The van der Waals surface area contributed by atoms with Gasteiger partial charge in [-0.25, -0.2) is 9.97 Å². The van der Waals surface area contributed by atoms with Crippen LogP contribution in [0.1, 0.15) is 24.6 Å². The summed E-state index contributed by atoms with van der Waals surface area (Å²) in [5.41, 5.74) is 2.17. The maximum absolute atomic E-state index is 4.71. The third-order valence-corrected chi connectivity index (χ3v) is 3.48. The third kappa shape index (κ3) is 2.30. The SMILES string of the molecule is CCNC(Cc1nc2ccccc2n1C)c1ncn[nH]1. The summed E-state index contributed by atoms with van der Waals surface area (Å²) in [5, 5.41) is 10.3. The monoisotopic (exact) mass is 270 g/mol. The van der Waals surface area contributed by atoms with Gasteiger partial charge in [0.15, 0.2) is 0 Å². The fourth-order valence-electron chi connectivity index (χ4n) is 2.46. The van der Waals surface area contributed by atoms with Crippen LogP contribution in [0.4, 0.5) is 0 Å². The molecule has 1 unspecified atom stereocenters. The highest BCUT2D eigenvalue weighted by molar-refractivity contribution is 5.75. The second-order valence-corrected chi connectivity index (χ2v) is 4.76. The molecule has 0 fully saturated rings. The lowest BCUT2D eigenvalue weighted by molar-refractivity contribution is 0.507. The molecule has 1 atom stereocenters. The van der Waals surface area contributed by atoms with E-state index in [9.17, 15) is 0 Å². The van der Waals surface area contributed by atoms with Gasteiger partial charge < -0.3 is 9.88 Å². The van der Waals surface area contributed by atoms with Crippen molar-refractivity contribution in [3.05, 3.63) is 42.2 Å². The molecule has 0 radical (unpaired) electrons. The second kappa shape index (κ2) is 5.42. The van der Waals surface area contributed by atoms with Crippen molar-refractivity contribution < 1.29 is 0 Å². The third-order valence-electron chi connectivity index (χ3n) is 3.48. The average molecular weight is 270 g/mol. The molecule has 0 aliphatic carbocycles. The molecule has 2 N–H and O–H groups in total.